The van der Waals surface area contributed by atoms with Crippen LogP contribution in [0.15, 0.2) is 0 Å². The van der Waals surface area contributed by atoms with Gasteiger partial charge in [0.2, 0.25) is 5.82 Å². The number of nitrogens with one attached hydrogen (secondary N) is 2. The van der Waals surface area contributed by atoms with Gasteiger partial charge in [0.25, 0.3) is 5.91 Å². The van der Waals surface area contributed by atoms with E-state index >= 15 is 0 Å². The Morgan fingerprint density at radius 1 is 1.67 bits per heavy atom. The molecule has 0 aromatic carbocycles. The SMILES string of the molecule is CCCc1nc(C(=O)N[C@H](C)CN)n[nH]1. The Kier molecular flexibility index (Phi) is 4.23. The van der Waals surface area contributed by atoms with E-state index in [2.05, 4.69) is 20.5 Å². The monoisotopic (exact) mass is 211 g/mol. The van der Waals surface area contributed by atoms with Crippen molar-refractivity contribution in [1.29, 1.82) is 0 Å². The predicted molar refractivity (Wildman–Crippen MR) is 56.4 cm³/mol. The Bertz CT molecular complexity index is 322. The van der Waals surface area contributed by atoms with E-state index in [1.807, 2.05) is 13.8 Å². The second-order valence-corrected chi connectivity index (χ2v) is 3.47. The Hall–Kier alpha value is -1.43. The third-order valence-corrected chi connectivity index (χ3v) is 1.95. The van der Waals surface area contributed by atoms with Crippen LogP contribution in [0.1, 0.15) is 36.7 Å². The lowest BCUT2D eigenvalue weighted by molar-refractivity contribution is 0.0931. The van der Waals surface area contributed by atoms with Crippen molar-refractivity contribution in [2.75, 3.05) is 6.54 Å². The molecule has 84 valence electrons. The molecule has 0 bridgehead atoms. The highest BCUT2D eigenvalue weighted by molar-refractivity contribution is 5.90. The van der Waals surface area contributed by atoms with Crippen LogP contribution in [0, 0.1) is 0 Å². The van der Waals surface area contributed by atoms with Crippen LogP contribution in [0.2, 0.25) is 0 Å². The first-order valence-corrected chi connectivity index (χ1v) is 5.09. The van der Waals surface area contributed by atoms with Crippen molar-refractivity contribution >= 4 is 5.91 Å². The van der Waals surface area contributed by atoms with Gasteiger partial charge in [-0.3, -0.25) is 9.89 Å². The molecule has 0 aliphatic heterocycles. The molecule has 1 amide bonds. The number of H-pyrrole nitrogens is 1. The standard InChI is InChI=1S/C9H17N5O/c1-3-4-7-12-8(14-13-7)9(15)11-6(2)5-10/h6H,3-5,10H2,1-2H3,(H,11,15)(H,12,13,14)/t6-/m1/s1. The Balaban J connectivity index is 2.58. The number of hydrogen-bond donors (Lipinski definition) is 3. The van der Waals surface area contributed by atoms with Gasteiger partial charge < -0.3 is 11.1 Å². The van der Waals surface area contributed by atoms with Crippen LogP contribution in [0.25, 0.3) is 0 Å². The molecule has 1 aromatic rings. The highest BCUT2D eigenvalue weighted by atomic mass is 16.2. The van der Waals surface area contributed by atoms with E-state index in [0.29, 0.717) is 6.54 Å². The van der Waals surface area contributed by atoms with Crippen molar-refractivity contribution in [3.05, 3.63) is 11.6 Å². The predicted octanol–water partition coefficient (Wildman–Crippen LogP) is -0.166. The van der Waals surface area contributed by atoms with Crippen LogP contribution in [-0.4, -0.2) is 33.7 Å². The largest absolute Gasteiger partial charge is 0.346 e. The molecule has 0 saturated heterocycles. The summed E-state index contributed by atoms with van der Waals surface area (Å²) in [7, 11) is 0. The molecule has 1 heterocycles. The van der Waals surface area contributed by atoms with Crippen molar-refractivity contribution in [2.24, 2.45) is 5.73 Å². The van der Waals surface area contributed by atoms with Gasteiger partial charge in [0, 0.05) is 19.0 Å². The number of nitrogens with zero attached hydrogens (tertiary/aromatic N) is 2. The average Bonchev–Trinajstić information content (AvgIpc) is 2.67. The summed E-state index contributed by atoms with van der Waals surface area (Å²) in [5.41, 5.74) is 5.39. The summed E-state index contributed by atoms with van der Waals surface area (Å²) in [5.74, 6) is 0.633. The van der Waals surface area contributed by atoms with Crippen molar-refractivity contribution in [3.63, 3.8) is 0 Å². The maximum atomic E-state index is 11.5. The van der Waals surface area contributed by atoms with Crippen LogP contribution in [0.4, 0.5) is 0 Å². The van der Waals surface area contributed by atoms with Crippen LogP contribution >= 0.6 is 0 Å². The number of nitrogens with two attached hydrogens (primary N) is 1. The summed E-state index contributed by atoms with van der Waals surface area (Å²) in [4.78, 5) is 15.6. The first kappa shape index (κ1) is 11.6. The molecule has 0 aliphatic carbocycles. The molecule has 0 radical (unpaired) electrons. The van der Waals surface area contributed by atoms with Crippen LogP contribution < -0.4 is 11.1 Å². The van der Waals surface area contributed by atoms with Crippen LogP contribution in [0.3, 0.4) is 0 Å². The molecule has 0 unspecified atom stereocenters. The molecule has 0 aliphatic rings. The van der Waals surface area contributed by atoms with Gasteiger partial charge in [-0.25, -0.2) is 4.98 Å². The van der Waals surface area contributed by atoms with E-state index < -0.39 is 0 Å². The van der Waals surface area contributed by atoms with Gasteiger partial charge in [0.05, 0.1) is 0 Å². The van der Waals surface area contributed by atoms with Crippen molar-refractivity contribution in [3.8, 4) is 0 Å². The van der Waals surface area contributed by atoms with Gasteiger partial charge in [-0.05, 0) is 13.3 Å². The lowest BCUT2D eigenvalue weighted by Crippen LogP contribution is -2.38. The minimum atomic E-state index is -0.286. The highest BCUT2D eigenvalue weighted by Gasteiger charge is 2.13. The van der Waals surface area contributed by atoms with Gasteiger partial charge in [-0.15, -0.1) is 5.10 Å². The van der Waals surface area contributed by atoms with E-state index in [-0.39, 0.29) is 17.8 Å². The van der Waals surface area contributed by atoms with Crippen LogP contribution in [-0.2, 0) is 6.42 Å². The number of aromatic amines is 1. The van der Waals surface area contributed by atoms with Crippen LogP contribution in [0.5, 0.6) is 0 Å². The quantitative estimate of drug-likeness (QED) is 0.630. The fourth-order valence-electron chi connectivity index (χ4n) is 1.09. The summed E-state index contributed by atoms with van der Waals surface area (Å²) in [6, 6.07) is -0.0642. The van der Waals surface area contributed by atoms with E-state index in [9.17, 15) is 4.79 Å². The smallest absolute Gasteiger partial charge is 0.291 e. The van der Waals surface area contributed by atoms with Crippen molar-refractivity contribution < 1.29 is 4.79 Å². The van der Waals surface area contributed by atoms with Crippen molar-refractivity contribution in [1.82, 2.24) is 20.5 Å². The number of hydrogen-bond acceptors (Lipinski definition) is 4. The molecule has 0 fully saturated rings. The number of rotatable bonds is 5. The second-order valence-electron chi connectivity index (χ2n) is 3.47. The summed E-state index contributed by atoms with van der Waals surface area (Å²) in [6.45, 7) is 4.27. The zero-order valence-corrected chi connectivity index (χ0v) is 9.08. The fraction of sp³-hybridized carbons (Fsp3) is 0.667. The summed E-state index contributed by atoms with van der Waals surface area (Å²) < 4.78 is 0. The first-order valence-electron chi connectivity index (χ1n) is 5.09. The van der Waals surface area contributed by atoms with Gasteiger partial charge in [0.15, 0.2) is 0 Å². The highest BCUT2D eigenvalue weighted by Crippen LogP contribution is 1.96. The Labute approximate surface area is 88.7 Å². The second kappa shape index (κ2) is 5.45. The summed E-state index contributed by atoms with van der Waals surface area (Å²) >= 11 is 0. The van der Waals surface area contributed by atoms with Gasteiger partial charge in [-0.2, -0.15) is 0 Å². The van der Waals surface area contributed by atoms with Gasteiger partial charge in [-0.1, -0.05) is 6.92 Å². The summed E-state index contributed by atoms with van der Waals surface area (Å²) in [5, 5.41) is 9.25. The van der Waals surface area contributed by atoms with E-state index in [1.165, 1.54) is 0 Å². The third-order valence-electron chi connectivity index (χ3n) is 1.95. The number of amides is 1. The number of aromatic nitrogens is 3. The van der Waals surface area contributed by atoms with E-state index in [0.717, 1.165) is 18.7 Å². The zero-order chi connectivity index (χ0) is 11.3. The topological polar surface area (TPSA) is 96.7 Å². The molecule has 1 atom stereocenters. The minimum Gasteiger partial charge on any atom is -0.346 e. The maximum absolute atomic E-state index is 11.5. The zero-order valence-electron chi connectivity index (χ0n) is 9.08. The summed E-state index contributed by atoms with van der Waals surface area (Å²) in [6.07, 6.45) is 1.77. The van der Waals surface area contributed by atoms with Crippen molar-refractivity contribution in [2.45, 2.75) is 32.7 Å². The fourth-order valence-corrected chi connectivity index (χ4v) is 1.09. The van der Waals surface area contributed by atoms with E-state index in [4.69, 9.17) is 5.73 Å². The van der Waals surface area contributed by atoms with Gasteiger partial charge >= 0.3 is 0 Å². The molecular weight excluding hydrogens is 194 g/mol. The van der Waals surface area contributed by atoms with E-state index in [1.54, 1.807) is 0 Å². The molecule has 6 heteroatoms. The molecular formula is C9H17N5O. The minimum absolute atomic E-state index is 0.0642. The first-order chi connectivity index (χ1) is 7.17. The number of aryl methyl sites for hydroxylation is 1. The molecule has 0 spiro atoms. The molecule has 6 nitrogen and oxygen atoms in total. The molecule has 0 saturated carbocycles. The average molecular weight is 211 g/mol. The Morgan fingerprint density at radius 3 is 3.00 bits per heavy atom. The lowest BCUT2D eigenvalue weighted by Gasteiger charge is -2.08. The maximum Gasteiger partial charge on any atom is 0.291 e. The molecule has 4 N–H and O–H groups in total. The third kappa shape index (κ3) is 3.32. The lowest BCUT2D eigenvalue weighted by atomic mass is 10.3. The Morgan fingerprint density at radius 2 is 2.40 bits per heavy atom. The molecule has 1 rings (SSSR count). The number of carbonyl (C=O) groups excluding carboxylic acids is 1. The van der Waals surface area contributed by atoms with Gasteiger partial charge in [0.1, 0.15) is 5.82 Å². The number of carbonyl (C=O) groups is 1. The molecule has 1 aromatic heterocycles. The molecule has 15 heavy (non-hydrogen) atoms. The normalized spacial score (nSPS) is 12.5.